The van der Waals surface area contributed by atoms with E-state index in [0.717, 1.165) is 36.3 Å². The maximum atomic E-state index is 6.00. The second-order valence-electron chi connectivity index (χ2n) is 6.76. The van der Waals surface area contributed by atoms with Crippen molar-refractivity contribution in [2.45, 2.75) is 51.1 Å². The van der Waals surface area contributed by atoms with Crippen molar-refractivity contribution >= 4 is 6.08 Å². The van der Waals surface area contributed by atoms with Gasteiger partial charge >= 0.3 is 0 Å². The molecular weight excluding hydrogens is 280 g/mol. The highest BCUT2D eigenvalue weighted by Crippen LogP contribution is 2.39. The van der Waals surface area contributed by atoms with Crippen LogP contribution in [-0.2, 0) is 9.47 Å². The van der Waals surface area contributed by atoms with E-state index in [0.29, 0.717) is 12.7 Å². The summed E-state index contributed by atoms with van der Waals surface area (Å²) in [4.78, 5) is 0. The Morgan fingerprint density at radius 1 is 1.05 bits per heavy atom. The maximum absolute atomic E-state index is 6.00. The third-order valence-corrected chi connectivity index (χ3v) is 4.60. The van der Waals surface area contributed by atoms with Crippen LogP contribution in [0.3, 0.4) is 0 Å². The third kappa shape index (κ3) is 2.73. The van der Waals surface area contributed by atoms with Crippen LogP contribution < -0.4 is 9.47 Å². The van der Waals surface area contributed by atoms with E-state index in [1.54, 1.807) is 0 Å². The third-order valence-electron chi connectivity index (χ3n) is 4.60. The first-order chi connectivity index (χ1) is 10.6. The lowest BCUT2D eigenvalue weighted by atomic mass is 9.85. The van der Waals surface area contributed by atoms with Crippen LogP contribution in [0.2, 0.25) is 0 Å². The summed E-state index contributed by atoms with van der Waals surface area (Å²) in [6.45, 7) is 4.33. The predicted octanol–water partition coefficient (Wildman–Crippen LogP) is 3.75. The monoisotopic (exact) mass is 302 g/mol. The summed E-state index contributed by atoms with van der Waals surface area (Å²) in [5.41, 5.74) is 1.15. The Bertz CT molecular complexity index is 593. The molecule has 0 radical (unpaired) electrons. The summed E-state index contributed by atoms with van der Waals surface area (Å²) in [5, 5.41) is 0. The molecule has 1 aromatic carbocycles. The standard InChI is InChI=1S/C18H22O4/c1-18(2)21-15-8-6-13(10-17(15)22-18)4-3-12-5-7-14-16(9-12)20-11-19-14/h3-5,7,9,13,15,17H,6,8,10-11H2,1-2H3/b4-3-. The van der Waals surface area contributed by atoms with Gasteiger partial charge in [0, 0.05) is 0 Å². The fourth-order valence-electron chi connectivity index (χ4n) is 3.59. The van der Waals surface area contributed by atoms with E-state index >= 15 is 0 Å². The Labute approximate surface area is 131 Å². The van der Waals surface area contributed by atoms with Gasteiger partial charge in [0.15, 0.2) is 17.3 Å². The van der Waals surface area contributed by atoms with Crippen LogP contribution in [0, 0.1) is 5.92 Å². The number of ether oxygens (including phenoxy) is 4. The highest BCUT2D eigenvalue weighted by molar-refractivity contribution is 5.56. The van der Waals surface area contributed by atoms with E-state index in [9.17, 15) is 0 Å². The van der Waals surface area contributed by atoms with Gasteiger partial charge in [0.1, 0.15) is 0 Å². The van der Waals surface area contributed by atoms with Crippen LogP contribution in [-0.4, -0.2) is 24.8 Å². The average molecular weight is 302 g/mol. The molecule has 0 N–H and O–H groups in total. The van der Waals surface area contributed by atoms with Crippen molar-refractivity contribution in [2.24, 2.45) is 5.92 Å². The van der Waals surface area contributed by atoms with Gasteiger partial charge in [-0.15, -0.1) is 0 Å². The minimum absolute atomic E-state index is 0.232. The molecule has 0 spiro atoms. The second-order valence-corrected chi connectivity index (χ2v) is 6.76. The molecule has 0 amide bonds. The van der Waals surface area contributed by atoms with E-state index in [4.69, 9.17) is 18.9 Å². The van der Waals surface area contributed by atoms with E-state index in [-0.39, 0.29) is 12.2 Å². The smallest absolute Gasteiger partial charge is 0.231 e. The van der Waals surface area contributed by atoms with E-state index < -0.39 is 5.79 Å². The van der Waals surface area contributed by atoms with E-state index in [1.165, 1.54) is 0 Å². The number of hydrogen-bond donors (Lipinski definition) is 0. The Morgan fingerprint density at radius 2 is 1.86 bits per heavy atom. The normalized spacial score (nSPS) is 32.4. The number of allylic oxidation sites excluding steroid dienone is 1. The van der Waals surface area contributed by atoms with Gasteiger partial charge in [0.2, 0.25) is 6.79 Å². The molecule has 4 heteroatoms. The summed E-state index contributed by atoms with van der Waals surface area (Å²) in [6.07, 6.45) is 8.23. The van der Waals surface area contributed by atoms with E-state index in [2.05, 4.69) is 18.2 Å². The molecule has 118 valence electrons. The first-order valence-corrected chi connectivity index (χ1v) is 8.02. The lowest BCUT2D eigenvalue weighted by Gasteiger charge is -2.27. The first-order valence-electron chi connectivity index (χ1n) is 8.02. The fraction of sp³-hybridized carbons (Fsp3) is 0.556. The highest BCUT2D eigenvalue weighted by atomic mass is 16.8. The van der Waals surface area contributed by atoms with Gasteiger partial charge in [-0.05, 0) is 56.7 Å². The fourth-order valence-corrected chi connectivity index (χ4v) is 3.59. The zero-order chi connectivity index (χ0) is 15.2. The molecule has 1 saturated heterocycles. The van der Waals surface area contributed by atoms with Crippen LogP contribution in [0.15, 0.2) is 24.3 Å². The van der Waals surface area contributed by atoms with Crippen LogP contribution in [0.25, 0.3) is 6.08 Å². The molecule has 1 saturated carbocycles. The minimum atomic E-state index is -0.425. The molecule has 0 aromatic heterocycles. The number of fused-ring (bicyclic) bond motifs is 2. The second kappa shape index (κ2) is 5.28. The molecule has 3 atom stereocenters. The summed E-state index contributed by atoms with van der Waals surface area (Å²) in [7, 11) is 0. The van der Waals surface area contributed by atoms with Gasteiger partial charge in [-0.2, -0.15) is 0 Å². The van der Waals surface area contributed by atoms with Crippen molar-refractivity contribution in [1.82, 2.24) is 0 Å². The van der Waals surface area contributed by atoms with Crippen LogP contribution in [0.1, 0.15) is 38.7 Å². The molecule has 3 unspecified atom stereocenters. The first kappa shape index (κ1) is 14.1. The summed E-state index contributed by atoms with van der Waals surface area (Å²) >= 11 is 0. The van der Waals surface area contributed by atoms with Crippen molar-refractivity contribution < 1.29 is 18.9 Å². The Morgan fingerprint density at radius 3 is 2.77 bits per heavy atom. The predicted molar refractivity (Wildman–Crippen MR) is 82.8 cm³/mol. The molecule has 2 heterocycles. The van der Waals surface area contributed by atoms with Crippen LogP contribution in [0.4, 0.5) is 0 Å². The molecule has 4 nitrogen and oxygen atoms in total. The Kier molecular flexibility index (Phi) is 3.39. The quantitative estimate of drug-likeness (QED) is 0.834. The van der Waals surface area contributed by atoms with Gasteiger partial charge in [0.05, 0.1) is 12.2 Å². The highest BCUT2D eigenvalue weighted by Gasteiger charge is 2.43. The Balaban J connectivity index is 1.41. The zero-order valence-corrected chi connectivity index (χ0v) is 13.1. The average Bonchev–Trinajstić information content (AvgIpc) is 3.05. The Hall–Kier alpha value is -1.52. The lowest BCUT2D eigenvalue weighted by molar-refractivity contribution is -0.145. The van der Waals surface area contributed by atoms with Crippen molar-refractivity contribution in [3.8, 4) is 11.5 Å². The molecule has 2 fully saturated rings. The van der Waals surface area contributed by atoms with Crippen LogP contribution in [0.5, 0.6) is 11.5 Å². The topological polar surface area (TPSA) is 36.9 Å². The maximum Gasteiger partial charge on any atom is 0.231 e. The summed E-state index contributed by atoms with van der Waals surface area (Å²) in [6, 6.07) is 6.06. The molecule has 22 heavy (non-hydrogen) atoms. The van der Waals surface area contributed by atoms with Gasteiger partial charge < -0.3 is 18.9 Å². The molecule has 4 rings (SSSR count). The summed E-state index contributed by atoms with van der Waals surface area (Å²) in [5.74, 6) is 1.78. The van der Waals surface area contributed by atoms with Crippen molar-refractivity contribution in [1.29, 1.82) is 0 Å². The van der Waals surface area contributed by atoms with Crippen molar-refractivity contribution in [3.63, 3.8) is 0 Å². The molecule has 3 aliphatic rings. The lowest BCUT2D eigenvalue weighted by Crippen LogP contribution is -2.30. The SMILES string of the molecule is CC1(C)OC2CCC(/C=C\c3ccc4c(c3)OCO4)CC2O1. The van der Waals surface area contributed by atoms with Gasteiger partial charge in [-0.3, -0.25) is 0 Å². The molecular formula is C18H22O4. The summed E-state index contributed by atoms with van der Waals surface area (Å²) < 4.78 is 22.7. The van der Waals surface area contributed by atoms with Gasteiger partial charge in [-0.1, -0.05) is 18.2 Å². The number of rotatable bonds is 2. The number of hydrogen-bond acceptors (Lipinski definition) is 4. The van der Waals surface area contributed by atoms with Crippen LogP contribution >= 0.6 is 0 Å². The van der Waals surface area contributed by atoms with Crippen molar-refractivity contribution in [2.75, 3.05) is 6.79 Å². The molecule has 0 bridgehead atoms. The van der Waals surface area contributed by atoms with Gasteiger partial charge in [0.25, 0.3) is 0 Å². The molecule has 1 aliphatic carbocycles. The largest absolute Gasteiger partial charge is 0.454 e. The minimum Gasteiger partial charge on any atom is -0.454 e. The molecule has 2 aliphatic heterocycles. The zero-order valence-electron chi connectivity index (χ0n) is 13.1. The number of benzene rings is 1. The van der Waals surface area contributed by atoms with E-state index in [1.807, 2.05) is 26.0 Å². The van der Waals surface area contributed by atoms with Gasteiger partial charge in [-0.25, -0.2) is 0 Å². The van der Waals surface area contributed by atoms with Crippen molar-refractivity contribution in [3.05, 3.63) is 29.8 Å². The molecule has 1 aromatic rings.